The molecule has 1 atom stereocenters. The number of carbonyl (C=O) groups excluding carboxylic acids is 1. The number of piperidine rings is 1. The molecule has 1 saturated heterocycles. The van der Waals surface area contributed by atoms with E-state index in [0.29, 0.717) is 11.8 Å². The SMILES string of the molecule is Cc1nc2c([nH]1)CC(C(=O)N1CCC(Cc3ccccc3)CC1)CC2. The van der Waals surface area contributed by atoms with Gasteiger partial charge in [-0.1, -0.05) is 30.3 Å². The lowest BCUT2D eigenvalue weighted by molar-refractivity contribution is -0.137. The second-order valence-electron chi connectivity index (χ2n) is 7.65. The summed E-state index contributed by atoms with van der Waals surface area (Å²) in [5, 5.41) is 0. The standard InChI is InChI=1S/C21H27N3O/c1-15-22-19-8-7-18(14-20(19)23-15)21(25)24-11-9-17(10-12-24)13-16-5-3-2-4-6-16/h2-6,17-18H,7-14H2,1H3,(H,22,23). The van der Waals surface area contributed by atoms with E-state index in [1.165, 1.54) is 17.0 Å². The highest BCUT2D eigenvalue weighted by Gasteiger charge is 2.31. The van der Waals surface area contributed by atoms with Gasteiger partial charge in [-0.15, -0.1) is 0 Å². The van der Waals surface area contributed by atoms with Crippen molar-refractivity contribution >= 4 is 5.91 Å². The van der Waals surface area contributed by atoms with Crippen molar-refractivity contribution in [2.24, 2.45) is 11.8 Å². The maximum Gasteiger partial charge on any atom is 0.226 e. The van der Waals surface area contributed by atoms with Crippen molar-refractivity contribution in [2.75, 3.05) is 13.1 Å². The van der Waals surface area contributed by atoms with Crippen LogP contribution in [0, 0.1) is 18.8 Å². The molecule has 1 aromatic heterocycles. The van der Waals surface area contributed by atoms with E-state index in [-0.39, 0.29) is 5.92 Å². The number of rotatable bonds is 3. The molecule has 0 radical (unpaired) electrons. The van der Waals surface area contributed by atoms with E-state index in [2.05, 4.69) is 45.2 Å². The Morgan fingerprint density at radius 2 is 1.96 bits per heavy atom. The minimum atomic E-state index is 0.137. The number of hydrogen-bond donors (Lipinski definition) is 1. The number of fused-ring (bicyclic) bond motifs is 1. The molecule has 25 heavy (non-hydrogen) atoms. The van der Waals surface area contributed by atoms with Crippen molar-refractivity contribution in [3.05, 3.63) is 53.1 Å². The average molecular weight is 337 g/mol. The molecule has 4 rings (SSSR count). The van der Waals surface area contributed by atoms with Gasteiger partial charge in [0.2, 0.25) is 5.91 Å². The number of hydrogen-bond acceptors (Lipinski definition) is 2. The second kappa shape index (κ2) is 7.03. The van der Waals surface area contributed by atoms with Crippen LogP contribution in [0.2, 0.25) is 0 Å². The van der Waals surface area contributed by atoms with Gasteiger partial charge in [0, 0.05) is 31.1 Å². The molecule has 2 aliphatic rings. The Balaban J connectivity index is 1.31. The van der Waals surface area contributed by atoms with Crippen molar-refractivity contribution in [3.63, 3.8) is 0 Å². The van der Waals surface area contributed by atoms with Crippen LogP contribution in [-0.2, 0) is 24.1 Å². The molecule has 132 valence electrons. The summed E-state index contributed by atoms with van der Waals surface area (Å²) in [6.45, 7) is 3.83. The smallest absolute Gasteiger partial charge is 0.226 e. The number of imidazole rings is 1. The minimum absolute atomic E-state index is 0.137. The third-order valence-electron chi connectivity index (χ3n) is 5.81. The Morgan fingerprint density at radius 1 is 1.20 bits per heavy atom. The molecule has 2 aromatic rings. The normalized spacial score (nSPS) is 21.2. The summed E-state index contributed by atoms with van der Waals surface area (Å²) in [7, 11) is 0. The number of carbonyl (C=O) groups is 1. The van der Waals surface area contributed by atoms with Crippen LogP contribution in [0.4, 0.5) is 0 Å². The number of nitrogens with zero attached hydrogens (tertiary/aromatic N) is 2. The zero-order valence-corrected chi connectivity index (χ0v) is 15.0. The van der Waals surface area contributed by atoms with Crippen molar-refractivity contribution in [2.45, 2.75) is 45.4 Å². The highest BCUT2D eigenvalue weighted by atomic mass is 16.2. The maximum atomic E-state index is 12.9. The van der Waals surface area contributed by atoms with Gasteiger partial charge in [-0.2, -0.15) is 0 Å². The quantitative estimate of drug-likeness (QED) is 0.934. The zero-order valence-electron chi connectivity index (χ0n) is 15.0. The summed E-state index contributed by atoms with van der Waals surface area (Å²) in [5.41, 5.74) is 3.77. The first-order valence-electron chi connectivity index (χ1n) is 9.56. The lowest BCUT2D eigenvalue weighted by Gasteiger charge is -2.35. The number of benzene rings is 1. The number of aromatic nitrogens is 2. The largest absolute Gasteiger partial charge is 0.346 e. The highest BCUT2D eigenvalue weighted by molar-refractivity contribution is 5.79. The van der Waals surface area contributed by atoms with Crippen molar-refractivity contribution in [1.82, 2.24) is 14.9 Å². The predicted molar refractivity (Wildman–Crippen MR) is 98.3 cm³/mol. The topological polar surface area (TPSA) is 49.0 Å². The number of aromatic amines is 1. The molecule has 0 spiro atoms. The van der Waals surface area contributed by atoms with E-state index in [4.69, 9.17) is 0 Å². The number of aryl methyl sites for hydroxylation is 2. The second-order valence-corrected chi connectivity index (χ2v) is 7.65. The van der Waals surface area contributed by atoms with E-state index in [9.17, 15) is 4.79 Å². The summed E-state index contributed by atoms with van der Waals surface area (Å²) in [6, 6.07) is 10.7. The molecule has 1 amide bonds. The van der Waals surface area contributed by atoms with Gasteiger partial charge in [0.25, 0.3) is 0 Å². The van der Waals surface area contributed by atoms with Gasteiger partial charge in [0.05, 0.1) is 5.69 Å². The molecule has 2 heterocycles. The third kappa shape index (κ3) is 3.63. The first-order valence-corrected chi connectivity index (χ1v) is 9.56. The molecule has 4 heteroatoms. The molecule has 4 nitrogen and oxygen atoms in total. The molecular weight excluding hydrogens is 310 g/mol. The van der Waals surface area contributed by atoms with Crippen molar-refractivity contribution in [3.8, 4) is 0 Å². The highest BCUT2D eigenvalue weighted by Crippen LogP contribution is 2.28. The Hall–Kier alpha value is -2.10. The van der Waals surface area contributed by atoms with Crippen molar-refractivity contribution < 1.29 is 4.79 Å². The summed E-state index contributed by atoms with van der Waals surface area (Å²) < 4.78 is 0. The number of amides is 1. The monoisotopic (exact) mass is 337 g/mol. The summed E-state index contributed by atoms with van der Waals surface area (Å²) >= 11 is 0. The van der Waals surface area contributed by atoms with Gasteiger partial charge < -0.3 is 9.88 Å². The molecule has 0 bridgehead atoms. The fraction of sp³-hybridized carbons (Fsp3) is 0.524. The summed E-state index contributed by atoms with van der Waals surface area (Å²) in [5.74, 6) is 2.17. The molecule has 1 aromatic carbocycles. The van der Waals surface area contributed by atoms with E-state index < -0.39 is 0 Å². The molecule has 0 saturated carbocycles. The maximum absolute atomic E-state index is 12.9. The van der Waals surface area contributed by atoms with Gasteiger partial charge in [-0.05, 0) is 50.5 Å². The van der Waals surface area contributed by atoms with Crippen LogP contribution in [0.3, 0.4) is 0 Å². The first kappa shape index (κ1) is 16.4. The van der Waals surface area contributed by atoms with Crippen LogP contribution in [0.1, 0.15) is 42.0 Å². The van der Waals surface area contributed by atoms with Crippen LogP contribution < -0.4 is 0 Å². The van der Waals surface area contributed by atoms with E-state index in [0.717, 1.165) is 57.4 Å². The number of nitrogens with one attached hydrogen (secondary N) is 1. The molecular formula is C21H27N3O. The van der Waals surface area contributed by atoms with Crippen molar-refractivity contribution in [1.29, 1.82) is 0 Å². The first-order chi connectivity index (χ1) is 12.2. The Bertz CT molecular complexity index is 729. The lowest BCUT2D eigenvalue weighted by Crippen LogP contribution is -2.43. The van der Waals surface area contributed by atoms with E-state index in [1.807, 2.05) is 6.92 Å². The third-order valence-corrected chi connectivity index (χ3v) is 5.81. The Kier molecular flexibility index (Phi) is 4.60. The number of likely N-dealkylation sites (tertiary alicyclic amines) is 1. The van der Waals surface area contributed by atoms with Crippen LogP contribution in [-0.4, -0.2) is 33.9 Å². The summed E-state index contributed by atoms with van der Waals surface area (Å²) in [6.07, 6.45) is 6.10. The molecule has 1 N–H and O–H groups in total. The van der Waals surface area contributed by atoms with Gasteiger partial charge in [0.1, 0.15) is 5.82 Å². The Morgan fingerprint density at radius 3 is 2.72 bits per heavy atom. The Labute approximate surface area is 149 Å². The van der Waals surface area contributed by atoms with Crippen LogP contribution in [0.15, 0.2) is 30.3 Å². The number of H-pyrrole nitrogens is 1. The van der Waals surface area contributed by atoms with Crippen LogP contribution in [0.25, 0.3) is 0 Å². The van der Waals surface area contributed by atoms with Crippen LogP contribution in [0.5, 0.6) is 0 Å². The fourth-order valence-electron chi connectivity index (χ4n) is 4.40. The molecule has 1 fully saturated rings. The predicted octanol–water partition coefficient (Wildman–Crippen LogP) is 3.30. The fourth-order valence-corrected chi connectivity index (χ4v) is 4.40. The van der Waals surface area contributed by atoms with Gasteiger partial charge in [0.15, 0.2) is 0 Å². The van der Waals surface area contributed by atoms with E-state index >= 15 is 0 Å². The van der Waals surface area contributed by atoms with Gasteiger partial charge in [-0.25, -0.2) is 4.98 Å². The van der Waals surface area contributed by atoms with E-state index in [1.54, 1.807) is 0 Å². The lowest BCUT2D eigenvalue weighted by atomic mass is 9.86. The summed E-state index contributed by atoms with van der Waals surface area (Å²) in [4.78, 5) is 22.9. The minimum Gasteiger partial charge on any atom is -0.346 e. The van der Waals surface area contributed by atoms with Crippen LogP contribution >= 0.6 is 0 Å². The molecule has 1 unspecified atom stereocenters. The molecule has 1 aliphatic heterocycles. The zero-order chi connectivity index (χ0) is 17.2. The van der Waals surface area contributed by atoms with Gasteiger partial charge in [-0.3, -0.25) is 4.79 Å². The molecule has 1 aliphatic carbocycles. The van der Waals surface area contributed by atoms with Gasteiger partial charge >= 0.3 is 0 Å². The average Bonchev–Trinajstić information content (AvgIpc) is 3.02.